The van der Waals surface area contributed by atoms with Crippen LogP contribution in [0.1, 0.15) is 26.5 Å². The van der Waals surface area contributed by atoms with Crippen molar-refractivity contribution in [2.75, 3.05) is 0 Å². The van der Waals surface area contributed by atoms with E-state index in [0.717, 1.165) is 33.4 Å². The van der Waals surface area contributed by atoms with Gasteiger partial charge in [0, 0.05) is 29.2 Å². The van der Waals surface area contributed by atoms with Crippen molar-refractivity contribution in [1.29, 1.82) is 5.26 Å². The standard InChI is InChI=1S/C21H15N3O2S/c1-13-19(21(25)26)27-20(23-13)15-7-8-18-17(9-15)16(10-22)12-24(18)11-14-5-3-2-4-6-14/h2-9,12H,11H2,1H3,(H,25,26). The number of nitrogens with zero attached hydrogens (tertiary/aromatic N) is 3. The van der Waals surface area contributed by atoms with E-state index in [0.29, 0.717) is 22.8 Å². The summed E-state index contributed by atoms with van der Waals surface area (Å²) in [5.74, 6) is -0.968. The second-order valence-electron chi connectivity index (χ2n) is 6.24. The first kappa shape index (κ1) is 17.0. The molecule has 4 rings (SSSR count). The molecule has 4 aromatic rings. The molecule has 0 fully saturated rings. The van der Waals surface area contributed by atoms with Crippen molar-refractivity contribution in [3.63, 3.8) is 0 Å². The van der Waals surface area contributed by atoms with Crippen LogP contribution in [-0.2, 0) is 6.54 Å². The van der Waals surface area contributed by atoms with Gasteiger partial charge in [0.05, 0.1) is 11.3 Å². The first-order valence-corrected chi connectivity index (χ1v) is 9.16. The largest absolute Gasteiger partial charge is 0.477 e. The first-order valence-electron chi connectivity index (χ1n) is 8.35. The molecule has 0 aliphatic rings. The molecule has 0 aliphatic heterocycles. The third kappa shape index (κ3) is 3.09. The Labute approximate surface area is 159 Å². The third-order valence-corrected chi connectivity index (χ3v) is 5.63. The highest BCUT2D eigenvalue weighted by atomic mass is 32.1. The number of thiazole rings is 1. The van der Waals surface area contributed by atoms with Crippen molar-refractivity contribution in [2.45, 2.75) is 13.5 Å². The van der Waals surface area contributed by atoms with Gasteiger partial charge in [-0.3, -0.25) is 0 Å². The number of fused-ring (bicyclic) bond motifs is 1. The van der Waals surface area contributed by atoms with Crippen LogP contribution in [0.3, 0.4) is 0 Å². The Hall–Kier alpha value is -3.43. The number of hydrogen-bond donors (Lipinski definition) is 1. The second kappa shape index (κ2) is 6.71. The molecule has 2 heterocycles. The molecule has 0 saturated carbocycles. The molecule has 6 heteroatoms. The topological polar surface area (TPSA) is 78.9 Å². The summed E-state index contributed by atoms with van der Waals surface area (Å²) in [5.41, 5.74) is 4.03. The molecular weight excluding hydrogens is 358 g/mol. The van der Waals surface area contributed by atoms with Crippen molar-refractivity contribution < 1.29 is 9.90 Å². The minimum absolute atomic E-state index is 0.243. The van der Waals surface area contributed by atoms with E-state index in [1.165, 1.54) is 0 Å². The van der Waals surface area contributed by atoms with Crippen LogP contribution in [0.15, 0.2) is 54.7 Å². The van der Waals surface area contributed by atoms with Gasteiger partial charge in [-0.05, 0) is 30.7 Å². The molecule has 0 radical (unpaired) electrons. The van der Waals surface area contributed by atoms with E-state index >= 15 is 0 Å². The van der Waals surface area contributed by atoms with E-state index in [9.17, 15) is 15.2 Å². The molecule has 0 aliphatic carbocycles. The van der Waals surface area contributed by atoms with Crippen LogP contribution in [0.4, 0.5) is 0 Å². The van der Waals surface area contributed by atoms with Crippen LogP contribution < -0.4 is 0 Å². The molecule has 132 valence electrons. The predicted octanol–water partition coefficient (Wildman–Crippen LogP) is 4.69. The van der Waals surface area contributed by atoms with Gasteiger partial charge in [0.25, 0.3) is 0 Å². The molecule has 5 nitrogen and oxygen atoms in total. The summed E-state index contributed by atoms with van der Waals surface area (Å²) in [4.78, 5) is 15.9. The molecule has 2 aromatic carbocycles. The number of benzene rings is 2. The summed E-state index contributed by atoms with van der Waals surface area (Å²) in [6.07, 6.45) is 1.86. The maximum Gasteiger partial charge on any atom is 0.347 e. The van der Waals surface area contributed by atoms with E-state index in [1.807, 2.05) is 42.6 Å². The molecule has 27 heavy (non-hydrogen) atoms. The zero-order chi connectivity index (χ0) is 19.0. The van der Waals surface area contributed by atoms with E-state index in [1.54, 1.807) is 6.92 Å². The minimum Gasteiger partial charge on any atom is -0.477 e. The maximum atomic E-state index is 11.3. The van der Waals surface area contributed by atoms with Crippen LogP contribution in [0, 0.1) is 18.3 Å². The fraction of sp³-hybridized carbons (Fsp3) is 0.0952. The highest BCUT2D eigenvalue weighted by Crippen LogP contribution is 2.32. The predicted molar refractivity (Wildman–Crippen MR) is 105 cm³/mol. The summed E-state index contributed by atoms with van der Waals surface area (Å²) in [6.45, 7) is 2.37. The van der Waals surface area contributed by atoms with Crippen molar-refractivity contribution in [3.8, 4) is 16.6 Å². The zero-order valence-electron chi connectivity index (χ0n) is 14.5. The van der Waals surface area contributed by atoms with Gasteiger partial charge in [-0.15, -0.1) is 11.3 Å². The first-order chi connectivity index (χ1) is 13.1. The molecule has 0 bridgehead atoms. The number of nitriles is 1. The molecule has 0 amide bonds. The van der Waals surface area contributed by atoms with E-state index in [2.05, 4.69) is 27.8 Å². The quantitative estimate of drug-likeness (QED) is 0.563. The van der Waals surface area contributed by atoms with Gasteiger partial charge in [-0.1, -0.05) is 30.3 Å². The van der Waals surface area contributed by atoms with Crippen LogP contribution in [0.2, 0.25) is 0 Å². The Balaban J connectivity index is 1.80. The highest BCUT2D eigenvalue weighted by molar-refractivity contribution is 7.17. The van der Waals surface area contributed by atoms with Crippen molar-refractivity contribution in [1.82, 2.24) is 9.55 Å². The Morgan fingerprint density at radius 1 is 1.26 bits per heavy atom. The summed E-state index contributed by atoms with van der Waals surface area (Å²) >= 11 is 1.15. The molecule has 0 unspecified atom stereocenters. The highest BCUT2D eigenvalue weighted by Gasteiger charge is 2.16. The van der Waals surface area contributed by atoms with E-state index < -0.39 is 5.97 Å². The number of hydrogen-bond acceptors (Lipinski definition) is 4. The Morgan fingerprint density at radius 2 is 2.04 bits per heavy atom. The van der Waals surface area contributed by atoms with E-state index in [-0.39, 0.29) is 4.88 Å². The fourth-order valence-corrected chi connectivity index (χ4v) is 4.05. The summed E-state index contributed by atoms with van der Waals surface area (Å²) in [5, 5.41) is 20.3. The number of carboxylic acid groups (broad SMARTS) is 1. The van der Waals surface area contributed by atoms with Gasteiger partial charge in [0.2, 0.25) is 0 Å². The monoisotopic (exact) mass is 373 g/mol. The van der Waals surface area contributed by atoms with Gasteiger partial charge < -0.3 is 9.67 Å². The van der Waals surface area contributed by atoms with Crippen LogP contribution in [0.25, 0.3) is 21.5 Å². The lowest BCUT2D eigenvalue weighted by Gasteiger charge is -2.06. The number of carbonyl (C=O) groups is 1. The molecular formula is C21H15N3O2S. The smallest absolute Gasteiger partial charge is 0.347 e. The lowest BCUT2D eigenvalue weighted by atomic mass is 10.1. The molecule has 2 aromatic heterocycles. The van der Waals surface area contributed by atoms with Gasteiger partial charge in [-0.2, -0.15) is 5.26 Å². The Kier molecular flexibility index (Phi) is 4.22. The van der Waals surface area contributed by atoms with Crippen molar-refractivity contribution in [3.05, 3.63) is 76.4 Å². The Morgan fingerprint density at radius 3 is 2.70 bits per heavy atom. The van der Waals surface area contributed by atoms with Crippen LogP contribution in [0.5, 0.6) is 0 Å². The summed E-state index contributed by atoms with van der Waals surface area (Å²) < 4.78 is 2.06. The number of aromatic nitrogens is 2. The molecule has 1 N–H and O–H groups in total. The average molecular weight is 373 g/mol. The summed E-state index contributed by atoms with van der Waals surface area (Å²) in [7, 11) is 0. The van der Waals surface area contributed by atoms with Crippen molar-refractivity contribution in [2.24, 2.45) is 0 Å². The average Bonchev–Trinajstić information content (AvgIpc) is 3.23. The fourth-order valence-electron chi connectivity index (χ4n) is 3.15. The van der Waals surface area contributed by atoms with Gasteiger partial charge in [0.1, 0.15) is 16.0 Å². The SMILES string of the molecule is Cc1nc(-c2ccc3c(c2)c(C#N)cn3Cc2ccccc2)sc1C(=O)O. The number of aromatic carboxylic acids is 1. The van der Waals surface area contributed by atoms with Gasteiger partial charge >= 0.3 is 5.97 Å². The number of aryl methyl sites for hydroxylation is 1. The second-order valence-corrected chi connectivity index (χ2v) is 7.24. The van der Waals surface area contributed by atoms with Crippen LogP contribution in [-0.4, -0.2) is 20.6 Å². The molecule has 0 saturated heterocycles. The number of carboxylic acids is 1. The Bertz CT molecular complexity index is 1200. The van der Waals surface area contributed by atoms with Gasteiger partial charge in [-0.25, -0.2) is 9.78 Å². The third-order valence-electron chi connectivity index (χ3n) is 4.44. The van der Waals surface area contributed by atoms with E-state index in [4.69, 9.17) is 0 Å². The summed E-state index contributed by atoms with van der Waals surface area (Å²) in [6, 6.07) is 18.1. The lowest BCUT2D eigenvalue weighted by Crippen LogP contribution is -1.97. The lowest BCUT2D eigenvalue weighted by molar-refractivity contribution is 0.0701. The van der Waals surface area contributed by atoms with Crippen LogP contribution >= 0.6 is 11.3 Å². The maximum absolute atomic E-state index is 11.3. The molecule has 0 atom stereocenters. The number of rotatable bonds is 4. The molecule has 0 spiro atoms. The van der Waals surface area contributed by atoms with Crippen molar-refractivity contribution >= 4 is 28.2 Å². The van der Waals surface area contributed by atoms with Gasteiger partial charge in [0.15, 0.2) is 0 Å². The minimum atomic E-state index is -0.968. The zero-order valence-corrected chi connectivity index (χ0v) is 15.3. The normalized spacial score (nSPS) is 10.8.